The summed E-state index contributed by atoms with van der Waals surface area (Å²) in [5.41, 5.74) is 2.27. The highest BCUT2D eigenvalue weighted by Gasteiger charge is 2.38. The van der Waals surface area contributed by atoms with Gasteiger partial charge in [-0.15, -0.1) is 0 Å². The van der Waals surface area contributed by atoms with Crippen LogP contribution in [0.15, 0.2) is 48.5 Å². The Balaban J connectivity index is 1.60. The van der Waals surface area contributed by atoms with Crippen molar-refractivity contribution in [3.8, 4) is 22.6 Å². The molecule has 1 saturated carbocycles. The van der Waals surface area contributed by atoms with Crippen molar-refractivity contribution >= 4 is 0 Å². The van der Waals surface area contributed by atoms with Crippen molar-refractivity contribution in [1.82, 2.24) is 5.32 Å². The van der Waals surface area contributed by atoms with Gasteiger partial charge in [0, 0.05) is 5.56 Å². The van der Waals surface area contributed by atoms with Gasteiger partial charge in [0.25, 0.3) is 0 Å². The smallest absolute Gasteiger partial charge is 0.168 e. The Bertz CT molecular complexity index is 673. The number of fused-ring (bicyclic) bond motifs is 1. The van der Waals surface area contributed by atoms with Crippen molar-refractivity contribution in [2.75, 3.05) is 19.7 Å². The van der Waals surface area contributed by atoms with Gasteiger partial charge in [0.15, 0.2) is 11.5 Å². The maximum atomic E-state index is 6.40. The van der Waals surface area contributed by atoms with E-state index >= 15 is 0 Å². The minimum atomic E-state index is 0.312. The van der Waals surface area contributed by atoms with Gasteiger partial charge in [-0.3, -0.25) is 0 Å². The molecule has 2 atom stereocenters. The predicted molar refractivity (Wildman–Crippen MR) is 96.5 cm³/mol. The zero-order chi connectivity index (χ0) is 16.4. The lowest BCUT2D eigenvalue weighted by Gasteiger charge is -2.20. The van der Waals surface area contributed by atoms with Crippen molar-refractivity contribution in [2.45, 2.75) is 25.9 Å². The molecule has 0 unspecified atom stereocenters. The maximum absolute atomic E-state index is 6.40. The van der Waals surface area contributed by atoms with Gasteiger partial charge >= 0.3 is 0 Å². The summed E-state index contributed by atoms with van der Waals surface area (Å²) in [6.07, 6.45) is 2.62. The van der Waals surface area contributed by atoms with E-state index in [1.54, 1.807) is 0 Å². The van der Waals surface area contributed by atoms with E-state index in [0.717, 1.165) is 54.8 Å². The van der Waals surface area contributed by atoms with Crippen LogP contribution >= 0.6 is 0 Å². The second-order valence-corrected chi connectivity index (χ2v) is 6.82. The van der Waals surface area contributed by atoms with E-state index in [1.807, 2.05) is 19.1 Å². The van der Waals surface area contributed by atoms with Crippen LogP contribution < -0.4 is 14.8 Å². The number of ether oxygens (including phenoxy) is 2. The normalized spacial score (nSPS) is 23.2. The Morgan fingerprint density at radius 3 is 2.42 bits per heavy atom. The van der Waals surface area contributed by atoms with Crippen molar-refractivity contribution in [3.63, 3.8) is 0 Å². The molecule has 2 aromatic rings. The van der Waals surface area contributed by atoms with Gasteiger partial charge in [-0.25, -0.2) is 0 Å². The van der Waals surface area contributed by atoms with Crippen LogP contribution in [0.5, 0.6) is 11.5 Å². The fraction of sp³-hybridized carbons (Fsp3) is 0.429. The first kappa shape index (κ1) is 15.5. The summed E-state index contributed by atoms with van der Waals surface area (Å²) in [6, 6.07) is 16.6. The van der Waals surface area contributed by atoms with Crippen LogP contribution in [0.3, 0.4) is 0 Å². The average Bonchev–Trinajstić information content (AvgIpc) is 3.19. The molecule has 3 nitrogen and oxygen atoms in total. The molecule has 2 aromatic carbocycles. The first-order valence-electron chi connectivity index (χ1n) is 9.03. The number of benzene rings is 2. The fourth-order valence-corrected chi connectivity index (χ4v) is 4.13. The lowest BCUT2D eigenvalue weighted by atomic mass is 10.0. The Labute approximate surface area is 144 Å². The molecule has 1 heterocycles. The summed E-state index contributed by atoms with van der Waals surface area (Å²) in [5, 5.41) is 3.49. The predicted octanol–water partition coefficient (Wildman–Crippen LogP) is 4.13. The van der Waals surface area contributed by atoms with E-state index in [-0.39, 0.29) is 0 Å². The largest absolute Gasteiger partial charge is 0.489 e. The van der Waals surface area contributed by atoms with Gasteiger partial charge in [-0.05, 0) is 56.3 Å². The van der Waals surface area contributed by atoms with Gasteiger partial charge in [0.05, 0.1) is 12.7 Å². The van der Waals surface area contributed by atoms with Crippen molar-refractivity contribution in [3.05, 3.63) is 48.5 Å². The number of para-hydroxylation sites is 1. The van der Waals surface area contributed by atoms with Gasteiger partial charge in [0.1, 0.15) is 0 Å². The maximum Gasteiger partial charge on any atom is 0.168 e. The number of hydrogen-bond donors (Lipinski definition) is 1. The monoisotopic (exact) mass is 323 g/mol. The third kappa shape index (κ3) is 3.01. The molecule has 4 rings (SSSR count). The first-order chi connectivity index (χ1) is 11.8. The van der Waals surface area contributed by atoms with E-state index in [0.29, 0.717) is 12.7 Å². The van der Waals surface area contributed by atoms with Crippen LogP contribution in [0.25, 0.3) is 11.1 Å². The molecule has 24 heavy (non-hydrogen) atoms. The minimum absolute atomic E-state index is 0.312. The second-order valence-electron chi connectivity index (χ2n) is 6.82. The highest BCUT2D eigenvalue weighted by Crippen LogP contribution is 2.42. The molecular formula is C21H25NO2. The molecule has 1 aliphatic heterocycles. The van der Waals surface area contributed by atoms with Crippen molar-refractivity contribution < 1.29 is 9.47 Å². The Kier molecular flexibility index (Phi) is 4.44. The fourth-order valence-electron chi connectivity index (χ4n) is 4.13. The molecule has 126 valence electrons. The van der Waals surface area contributed by atoms with Crippen LogP contribution in [0.4, 0.5) is 0 Å². The van der Waals surface area contributed by atoms with Gasteiger partial charge < -0.3 is 14.8 Å². The molecule has 0 spiro atoms. The summed E-state index contributed by atoms with van der Waals surface area (Å²) in [4.78, 5) is 0. The molecule has 0 amide bonds. The van der Waals surface area contributed by atoms with E-state index in [2.05, 4.69) is 41.7 Å². The van der Waals surface area contributed by atoms with Crippen LogP contribution in [0.1, 0.15) is 19.8 Å². The van der Waals surface area contributed by atoms with Crippen LogP contribution in [-0.4, -0.2) is 25.8 Å². The highest BCUT2D eigenvalue weighted by molar-refractivity contribution is 5.73. The van der Waals surface area contributed by atoms with Crippen LogP contribution in [0, 0.1) is 11.8 Å². The third-order valence-electron chi connectivity index (χ3n) is 5.26. The third-order valence-corrected chi connectivity index (χ3v) is 5.26. The summed E-state index contributed by atoms with van der Waals surface area (Å²) >= 11 is 0. The molecule has 2 fully saturated rings. The second kappa shape index (κ2) is 6.86. The minimum Gasteiger partial charge on any atom is -0.489 e. The number of nitrogens with one attached hydrogen (secondary N) is 1. The topological polar surface area (TPSA) is 30.5 Å². The molecule has 1 N–H and O–H groups in total. The van der Waals surface area contributed by atoms with Gasteiger partial charge in [0.2, 0.25) is 0 Å². The highest BCUT2D eigenvalue weighted by atomic mass is 16.5. The number of rotatable bonds is 5. The van der Waals surface area contributed by atoms with Crippen molar-refractivity contribution in [2.24, 2.45) is 11.8 Å². The van der Waals surface area contributed by atoms with Crippen LogP contribution in [0.2, 0.25) is 0 Å². The zero-order valence-electron chi connectivity index (χ0n) is 14.2. The lowest BCUT2D eigenvalue weighted by molar-refractivity contribution is 0.188. The molecular weight excluding hydrogens is 298 g/mol. The molecule has 1 saturated heterocycles. The zero-order valence-corrected chi connectivity index (χ0v) is 14.2. The Morgan fingerprint density at radius 2 is 1.71 bits per heavy atom. The Hall–Kier alpha value is -2.00. The molecule has 1 aliphatic carbocycles. The molecule has 0 bridgehead atoms. The lowest BCUT2D eigenvalue weighted by Crippen LogP contribution is -2.19. The Morgan fingerprint density at radius 1 is 0.958 bits per heavy atom. The van der Waals surface area contributed by atoms with E-state index in [9.17, 15) is 0 Å². The van der Waals surface area contributed by atoms with E-state index in [1.165, 1.54) is 5.56 Å². The molecule has 3 heteroatoms. The van der Waals surface area contributed by atoms with Crippen LogP contribution in [-0.2, 0) is 0 Å². The first-order valence-corrected chi connectivity index (χ1v) is 9.03. The number of hydrogen-bond acceptors (Lipinski definition) is 3. The van der Waals surface area contributed by atoms with E-state index < -0.39 is 0 Å². The van der Waals surface area contributed by atoms with E-state index in [4.69, 9.17) is 9.47 Å². The summed E-state index contributed by atoms with van der Waals surface area (Å²) in [6.45, 7) is 4.96. The SMILES string of the molecule is CCOc1c(OC2C[C@H]3CNC[C@@H]3C2)cccc1-c1ccccc1. The van der Waals surface area contributed by atoms with Gasteiger partial charge in [-0.2, -0.15) is 0 Å². The molecule has 0 aromatic heterocycles. The quantitative estimate of drug-likeness (QED) is 0.897. The summed E-state index contributed by atoms with van der Waals surface area (Å²) < 4.78 is 12.4. The summed E-state index contributed by atoms with van der Waals surface area (Å²) in [5.74, 6) is 3.32. The molecule has 0 radical (unpaired) electrons. The van der Waals surface area contributed by atoms with Crippen molar-refractivity contribution in [1.29, 1.82) is 0 Å². The van der Waals surface area contributed by atoms with Gasteiger partial charge in [-0.1, -0.05) is 42.5 Å². The average molecular weight is 323 g/mol. The molecule has 2 aliphatic rings. The standard InChI is InChI=1S/C21H25NO2/c1-2-23-21-19(15-7-4-3-5-8-15)9-6-10-20(21)24-18-11-16-13-22-14-17(16)12-18/h3-10,16-18,22H,2,11-14H2,1H3/t16-,17-/m0/s1. The summed E-state index contributed by atoms with van der Waals surface area (Å²) in [7, 11) is 0.